The molecule has 6 nitrogen and oxygen atoms in total. The van der Waals surface area contributed by atoms with Gasteiger partial charge in [0.15, 0.2) is 17.2 Å². The molecule has 0 amide bonds. The summed E-state index contributed by atoms with van der Waals surface area (Å²) in [5.74, 6) is -0.0787. The fourth-order valence-corrected chi connectivity index (χ4v) is 5.02. The molecule has 40 heavy (non-hydrogen) atoms. The van der Waals surface area contributed by atoms with E-state index in [1.165, 1.54) is 18.2 Å². The van der Waals surface area contributed by atoms with E-state index in [2.05, 4.69) is 15.0 Å². The van der Waals surface area contributed by atoms with E-state index in [-0.39, 0.29) is 79.2 Å². The quantitative estimate of drug-likeness (QED) is 0.141. The van der Waals surface area contributed by atoms with Crippen molar-refractivity contribution in [3.63, 3.8) is 0 Å². The molecule has 0 spiro atoms. The van der Waals surface area contributed by atoms with Gasteiger partial charge in [0.25, 0.3) is 0 Å². The molecule has 0 radical (unpaired) electrons. The Balaban J connectivity index is 0.000000163. The summed E-state index contributed by atoms with van der Waals surface area (Å²) in [5.41, 5.74) is 1.29. The summed E-state index contributed by atoms with van der Waals surface area (Å²) in [5, 5.41) is 32.8. The van der Waals surface area contributed by atoms with Gasteiger partial charge in [-0.05, 0) is 54.6 Å². The van der Waals surface area contributed by atoms with Crippen LogP contribution < -0.4 is 0 Å². The second-order valence-corrected chi connectivity index (χ2v) is 10.2. The SMILES string of the molecule is Oc1c(Cl)cc(Cl)c2cccnc12.Oc1c(Cl)cc(Cl)c2cccnc12.Oc1c(Cl)cc(Cl)c2cccnc12.[Yb]. The van der Waals surface area contributed by atoms with Gasteiger partial charge in [-0.1, -0.05) is 69.6 Å². The van der Waals surface area contributed by atoms with Crippen LogP contribution in [0.2, 0.25) is 30.1 Å². The first-order chi connectivity index (χ1) is 18.6. The summed E-state index contributed by atoms with van der Waals surface area (Å²) >= 11 is 34.9. The van der Waals surface area contributed by atoms with E-state index >= 15 is 0 Å². The van der Waals surface area contributed by atoms with Crippen LogP contribution in [0.3, 0.4) is 0 Å². The van der Waals surface area contributed by atoms with Crippen LogP contribution >= 0.6 is 69.6 Å². The summed E-state index contributed by atoms with van der Waals surface area (Å²) in [7, 11) is 0. The van der Waals surface area contributed by atoms with E-state index in [9.17, 15) is 15.3 Å². The van der Waals surface area contributed by atoms with Crippen LogP contribution in [0.25, 0.3) is 32.7 Å². The number of aromatic hydroxyl groups is 3. The van der Waals surface area contributed by atoms with Crippen LogP contribution in [0.4, 0.5) is 0 Å². The molecule has 0 saturated carbocycles. The van der Waals surface area contributed by atoms with Gasteiger partial charge in [0.2, 0.25) is 0 Å². The number of hydrogen-bond donors (Lipinski definition) is 3. The Morgan fingerprint density at radius 2 is 0.675 bits per heavy atom. The van der Waals surface area contributed by atoms with Crippen molar-refractivity contribution < 1.29 is 62.2 Å². The minimum atomic E-state index is -0.0262. The molecule has 0 bridgehead atoms. The van der Waals surface area contributed by atoms with E-state index in [4.69, 9.17) is 69.6 Å². The fraction of sp³-hybridized carbons (Fsp3) is 0. The van der Waals surface area contributed by atoms with Gasteiger partial charge in [-0.15, -0.1) is 0 Å². The zero-order valence-electron chi connectivity index (χ0n) is 19.6. The van der Waals surface area contributed by atoms with Crippen LogP contribution in [-0.4, -0.2) is 30.3 Å². The number of phenols is 3. The molecule has 3 aromatic carbocycles. The first-order valence-corrected chi connectivity index (χ1v) is 13.1. The first kappa shape index (κ1) is 33.1. The van der Waals surface area contributed by atoms with E-state index in [1.54, 1.807) is 55.0 Å². The Labute approximate surface area is 296 Å². The molecule has 13 heteroatoms. The van der Waals surface area contributed by atoms with E-state index in [1.807, 2.05) is 0 Å². The van der Waals surface area contributed by atoms with Crippen molar-refractivity contribution in [1.82, 2.24) is 15.0 Å². The number of phenolic OH excluding ortho intramolecular Hbond substituents is 3. The molecule has 0 aliphatic heterocycles. The van der Waals surface area contributed by atoms with Crippen LogP contribution in [0.5, 0.6) is 17.2 Å². The van der Waals surface area contributed by atoms with Crippen LogP contribution in [-0.2, 0) is 0 Å². The van der Waals surface area contributed by atoms with E-state index in [0.717, 1.165) is 0 Å². The number of halogens is 6. The summed E-state index contributed by atoms with van der Waals surface area (Å²) in [6.07, 6.45) is 4.73. The first-order valence-electron chi connectivity index (χ1n) is 10.8. The number of hydrogen-bond acceptors (Lipinski definition) is 6. The molecule has 0 fully saturated rings. The molecule has 0 saturated heterocycles. The summed E-state index contributed by atoms with van der Waals surface area (Å²) in [6, 6.07) is 15.1. The predicted molar refractivity (Wildman–Crippen MR) is 160 cm³/mol. The smallest absolute Gasteiger partial charge is 0.160 e. The molecule has 0 aliphatic rings. The standard InChI is InChI=1S/3C9H5Cl2NO.Yb/c3*10-6-4-7(11)9(13)8-5(6)2-1-3-12-8;/h3*1-4,13H;. The Morgan fingerprint density at radius 3 is 0.925 bits per heavy atom. The van der Waals surface area contributed by atoms with Crippen molar-refractivity contribution in [2.24, 2.45) is 0 Å². The van der Waals surface area contributed by atoms with Crippen LogP contribution in [0.1, 0.15) is 0 Å². The molecule has 3 N–H and O–H groups in total. The van der Waals surface area contributed by atoms with Crippen molar-refractivity contribution in [2.45, 2.75) is 0 Å². The maximum absolute atomic E-state index is 9.53. The van der Waals surface area contributed by atoms with E-state index < -0.39 is 0 Å². The molecular weight excluding hydrogens is 800 g/mol. The number of benzene rings is 3. The normalized spacial score (nSPS) is 10.3. The van der Waals surface area contributed by atoms with Gasteiger partial charge in [-0.25, -0.2) is 0 Å². The van der Waals surface area contributed by atoms with Gasteiger partial charge in [-0.2, -0.15) is 0 Å². The van der Waals surface area contributed by atoms with Gasteiger partial charge >= 0.3 is 0 Å². The zero-order chi connectivity index (χ0) is 28.3. The molecule has 3 aromatic heterocycles. The number of pyridine rings is 3. The zero-order valence-corrected chi connectivity index (χ0v) is 25.9. The van der Waals surface area contributed by atoms with Crippen molar-refractivity contribution in [3.05, 3.63) is 103 Å². The van der Waals surface area contributed by atoms with Gasteiger partial charge in [-0.3, -0.25) is 15.0 Å². The molecular formula is C27H15Cl6N3O3Yb. The number of aromatic nitrogens is 3. The molecule has 0 unspecified atom stereocenters. The average molecular weight is 815 g/mol. The molecule has 0 aliphatic carbocycles. The van der Waals surface area contributed by atoms with Crippen molar-refractivity contribution in [2.75, 3.05) is 0 Å². The van der Waals surface area contributed by atoms with Crippen molar-refractivity contribution in [1.29, 1.82) is 0 Å². The maximum Gasteiger partial charge on any atom is 0.160 e. The second-order valence-electron chi connectivity index (χ2n) is 7.77. The van der Waals surface area contributed by atoms with Crippen molar-refractivity contribution >= 4 is 102 Å². The Morgan fingerprint density at radius 1 is 0.425 bits per heavy atom. The van der Waals surface area contributed by atoms with E-state index in [0.29, 0.717) is 47.8 Å². The van der Waals surface area contributed by atoms with Crippen molar-refractivity contribution in [3.8, 4) is 17.2 Å². The third kappa shape index (κ3) is 7.30. The fourth-order valence-electron chi connectivity index (χ4n) is 3.47. The second kappa shape index (κ2) is 14.6. The Hall–Kier alpha value is -1.45. The Bertz CT molecular complexity index is 1630. The number of fused-ring (bicyclic) bond motifs is 3. The maximum atomic E-state index is 9.53. The van der Waals surface area contributed by atoms with Crippen LogP contribution in [0.15, 0.2) is 73.2 Å². The molecule has 212 valence electrons. The topological polar surface area (TPSA) is 99.4 Å². The van der Waals surface area contributed by atoms with Gasteiger partial charge < -0.3 is 15.3 Å². The molecule has 6 rings (SSSR count). The average Bonchev–Trinajstić information content (AvgIpc) is 2.94. The third-order valence-corrected chi connectivity index (χ3v) is 7.11. The Kier molecular flexibility index (Phi) is 12.1. The van der Waals surface area contributed by atoms with Crippen LogP contribution in [0, 0.1) is 46.9 Å². The van der Waals surface area contributed by atoms with Gasteiger partial charge in [0.05, 0.1) is 30.1 Å². The summed E-state index contributed by atoms with van der Waals surface area (Å²) < 4.78 is 0. The predicted octanol–water partition coefficient (Wildman–Crippen LogP) is 9.74. The van der Waals surface area contributed by atoms with Gasteiger partial charge in [0.1, 0.15) is 16.6 Å². The minimum absolute atomic E-state index is 0. The third-order valence-electron chi connectivity index (χ3n) is 5.31. The summed E-state index contributed by atoms with van der Waals surface area (Å²) in [6.45, 7) is 0. The minimum Gasteiger partial charge on any atom is -0.504 e. The van der Waals surface area contributed by atoms with Gasteiger partial charge in [0, 0.05) is 81.7 Å². The largest absolute Gasteiger partial charge is 0.504 e. The number of rotatable bonds is 0. The monoisotopic (exact) mass is 813 g/mol. The molecule has 6 aromatic rings. The summed E-state index contributed by atoms with van der Waals surface area (Å²) in [4.78, 5) is 12.0. The molecule has 3 heterocycles. The molecule has 0 atom stereocenters. The number of nitrogens with zero attached hydrogens (tertiary/aromatic N) is 3.